The second kappa shape index (κ2) is 8.18. The minimum Gasteiger partial charge on any atom is -0.338 e. The zero-order chi connectivity index (χ0) is 15.1. The van der Waals surface area contributed by atoms with Crippen molar-refractivity contribution in [3.05, 3.63) is 35.4 Å². The van der Waals surface area contributed by atoms with Crippen LogP contribution in [0.2, 0.25) is 0 Å². The number of amides is 1. The maximum absolute atomic E-state index is 12.5. The van der Waals surface area contributed by atoms with E-state index in [4.69, 9.17) is 0 Å². The first-order valence-corrected chi connectivity index (χ1v) is 8.26. The highest BCUT2D eigenvalue weighted by Crippen LogP contribution is 2.13. The Morgan fingerprint density at radius 2 is 2.10 bits per heavy atom. The maximum atomic E-state index is 12.5. The van der Waals surface area contributed by atoms with Gasteiger partial charge in [-0.2, -0.15) is 0 Å². The van der Waals surface area contributed by atoms with E-state index in [-0.39, 0.29) is 0 Å². The van der Waals surface area contributed by atoms with Gasteiger partial charge in [0.2, 0.25) is 5.91 Å². The first-order chi connectivity index (χ1) is 10.2. The van der Waals surface area contributed by atoms with E-state index in [2.05, 4.69) is 48.3 Å². The van der Waals surface area contributed by atoms with Gasteiger partial charge < -0.3 is 10.2 Å². The fourth-order valence-electron chi connectivity index (χ4n) is 3.00. The fourth-order valence-corrected chi connectivity index (χ4v) is 3.00. The molecule has 116 valence electrons. The highest BCUT2D eigenvalue weighted by Gasteiger charge is 2.25. The summed E-state index contributed by atoms with van der Waals surface area (Å²) in [6.07, 6.45) is 4.76. The molecule has 3 heteroatoms. The van der Waals surface area contributed by atoms with Gasteiger partial charge in [0, 0.05) is 25.6 Å². The Kier molecular flexibility index (Phi) is 6.24. The Bertz CT molecular complexity index is 435. The molecule has 1 aliphatic rings. The molecule has 1 aliphatic heterocycles. The third kappa shape index (κ3) is 4.85. The standard InChI is InChI=1S/C18H28N2O/c1-3-13-20(17-11-12-19-14-17)18(21)6-4-5-16-9-7-15(2)8-10-16/h7-10,17,19H,3-6,11-14H2,1-2H3. The number of hydrogen-bond acceptors (Lipinski definition) is 2. The SMILES string of the molecule is CCCN(C(=O)CCCc1ccc(C)cc1)C1CCNC1. The fraction of sp³-hybridized carbons (Fsp3) is 0.611. The molecule has 0 aliphatic carbocycles. The molecular weight excluding hydrogens is 260 g/mol. The minimum atomic E-state index is 0.331. The maximum Gasteiger partial charge on any atom is 0.222 e. The average molecular weight is 288 g/mol. The normalized spacial score (nSPS) is 17.9. The molecule has 1 aromatic carbocycles. The van der Waals surface area contributed by atoms with Crippen molar-refractivity contribution in [1.82, 2.24) is 10.2 Å². The van der Waals surface area contributed by atoms with E-state index in [9.17, 15) is 4.79 Å². The van der Waals surface area contributed by atoms with Crippen LogP contribution in [0.5, 0.6) is 0 Å². The number of aryl methyl sites for hydroxylation is 2. The van der Waals surface area contributed by atoms with E-state index in [1.165, 1.54) is 11.1 Å². The first kappa shape index (κ1) is 16.0. The third-order valence-corrected chi connectivity index (χ3v) is 4.24. The number of nitrogens with zero attached hydrogens (tertiary/aromatic N) is 1. The van der Waals surface area contributed by atoms with E-state index in [1.807, 2.05) is 0 Å². The summed E-state index contributed by atoms with van der Waals surface area (Å²) in [5.41, 5.74) is 2.62. The van der Waals surface area contributed by atoms with Crippen molar-refractivity contribution in [2.24, 2.45) is 0 Å². The van der Waals surface area contributed by atoms with Crippen LogP contribution in [-0.2, 0) is 11.2 Å². The number of carbonyl (C=O) groups is 1. The van der Waals surface area contributed by atoms with Gasteiger partial charge in [-0.1, -0.05) is 36.8 Å². The van der Waals surface area contributed by atoms with Crippen molar-refractivity contribution >= 4 is 5.91 Å². The molecule has 0 saturated carbocycles. The Morgan fingerprint density at radius 1 is 1.33 bits per heavy atom. The topological polar surface area (TPSA) is 32.3 Å². The number of hydrogen-bond donors (Lipinski definition) is 1. The van der Waals surface area contributed by atoms with Crippen LogP contribution in [0.15, 0.2) is 24.3 Å². The lowest BCUT2D eigenvalue weighted by Gasteiger charge is -2.28. The molecule has 1 atom stereocenters. The van der Waals surface area contributed by atoms with Crippen molar-refractivity contribution in [2.75, 3.05) is 19.6 Å². The summed E-state index contributed by atoms with van der Waals surface area (Å²) >= 11 is 0. The predicted molar refractivity (Wildman–Crippen MR) is 87.4 cm³/mol. The minimum absolute atomic E-state index is 0.331. The van der Waals surface area contributed by atoms with E-state index >= 15 is 0 Å². The van der Waals surface area contributed by atoms with Crippen LogP contribution in [0.1, 0.15) is 43.7 Å². The molecule has 3 nitrogen and oxygen atoms in total. The van der Waals surface area contributed by atoms with Gasteiger partial charge in [-0.15, -0.1) is 0 Å². The summed E-state index contributed by atoms with van der Waals surface area (Å²) in [7, 11) is 0. The summed E-state index contributed by atoms with van der Waals surface area (Å²) in [5.74, 6) is 0.331. The third-order valence-electron chi connectivity index (χ3n) is 4.24. The van der Waals surface area contributed by atoms with E-state index in [0.29, 0.717) is 18.4 Å². The largest absolute Gasteiger partial charge is 0.338 e. The molecule has 1 unspecified atom stereocenters. The summed E-state index contributed by atoms with van der Waals surface area (Å²) in [6.45, 7) is 7.15. The summed E-state index contributed by atoms with van der Waals surface area (Å²) < 4.78 is 0. The quantitative estimate of drug-likeness (QED) is 0.836. The van der Waals surface area contributed by atoms with E-state index < -0.39 is 0 Å². The van der Waals surface area contributed by atoms with Gasteiger partial charge in [0.25, 0.3) is 0 Å². The lowest BCUT2D eigenvalue weighted by molar-refractivity contribution is -0.133. The Morgan fingerprint density at radius 3 is 2.71 bits per heavy atom. The van der Waals surface area contributed by atoms with Crippen LogP contribution in [0.25, 0.3) is 0 Å². The number of nitrogens with one attached hydrogen (secondary N) is 1. The number of rotatable bonds is 7. The van der Waals surface area contributed by atoms with Gasteiger partial charge in [0.1, 0.15) is 0 Å². The highest BCUT2D eigenvalue weighted by molar-refractivity contribution is 5.76. The van der Waals surface area contributed by atoms with Gasteiger partial charge in [0.05, 0.1) is 0 Å². The lowest BCUT2D eigenvalue weighted by Crippen LogP contribution is -2.42. The van der Waals surface area contributed by atoms with Crippen LogP contribution in [0.3, 0.4) is 0 Å². The molecule has 1 saturated heterocycles. The Labute approximate surface area is 128 Å². The smallest absolute Gasteiger partial charge is 0.222 e. The van der Waals surface area contributed by atoms with Crippen molar-refractivity contribution in [3.63, 3.8) is 0 Å². The molecule has 1 aromatic rings. The van der Waals surface area contributed by atoms with E-state index in [1.54, 1.807) is 0 Å². The summed E-state index contributed by atoms with van der Waals surface area (Å²) in [4.78, 5) is 14.6. The molecule has 0 radical (unpaired) electrons. The second-order valence-electron chi connectivity index (χ2n) is 6.07. The van der Waals surface area contributed by atoms with Crippen LogP contribution in [0.4, 0.5) is 0 Å². The van der Waals surface area contributed by atoms with Crippen molar-refractivity contribution in [1.29, 1.82) is 0 Å². The summed E-state index contributed by atoms with van der Waals surface area (Å²) in [5, 5.41) is 3.36. The molecule has 1 amide bonds. The Balaban J connectivity index is 1.79. The predicted octanol–water partition coefficient (Wildman–Crippen LogP) is 2.92. The molecule has 0 spiro atoms. The van der Waals surface area contributed by atoms with Gasteiger partial charge >= 0.3 is 0 Å². The second-order valence-corrected chi connectivity index (χ2v) is 6.07. The van der Waals surface area contributed by atoms with Crippen molar-refractivity contribution in [2.45, 2.75) is 52.0 Å². The lowest BCUT2D eigenvalue weighted by atomic mass is 10.1. The molecule has 2 rings (SSSR count). The van der Waals surface area contributed by atoms with Crippen LogP contribution >= 0.6 is 0 Å². The van der Waals surface area contributed by atoms with Crippen molar-refractivity contribution in [3.8, 4) is 0 Å². The molecule has 21 heavy (non-hydrogen) atoms. The monoisotopic (exact) mass is 288 g/mol. The zero-order valence-electron chi connectivity index (χ0n) is 13.4. The van der Waals surface area contributed by atoms with E-state index in [0.717, 1.165) is 45.3 Å². The van der Waals surface area contributed by atoms with Gasteiger partial charge in [-0.05, 0) is 44.7 Å². The molecular formula is C18H28N2O. The van der Waals surface area contributed by atoms with Crippen LogP contribution < -0.4 is 5.32 Å². The highest BCUT2D eigenvalue weighted by atomic mass is 16.2. The van der Waals surface area contributed by atoms with Gasteiger partial charge in [0.15, 0.2) is 0 Å². The van der Waals surface area contributed by atoms with Gasteiger partial charge in [-0.25, -0.2) is 0 Å². The van der Waals surface area contributed by atoms with Crippen LogP contribution in [0, 0.1) is 6.92 Å². The first-order valence-electron chi connectivity index (χ1n) is 8.26. The molecule has 1 heterocycles. The average Bonchev–Trinajstić information content (AvgIpc) is 3.00. The Hall–Kier alpha value is -1.35. The number of carbonyl (C=O) groups excluding carboxylic acids is 1. The molecule has 0 bridgehead atoms. The van der Waals surface area contributed by atoms with Gasteiger partial charge in [-0.3, -0.25) is 4.79 Å². The molecule has 1 N–H and O–H groups in total. The molecule has 1 fully saturated rings. The van der Waals surface area contributed by atoms with Crippen LogP contribution in [-0.4, -0.2) is 36.5 Å². The van der Waals surface area contributed by atoms with Crippen molar-refractivity contribution < 1.29 is 4.79 Å². The summed E-state index contributed by atoms with van der Waals surface area (Å²) in [6, 6.07) is 9.04. The number of benzene rings is 1. The zero-order valence-corrected chi connectivity index (χ0v) is 13.4. The molecule has 0 aromatic heterocycles.